The number of benzene rings is 3. The van der Waals surface area contributed by atoms with E-state index in [0.717, 1.165) is 53.3 Å². The summed E-state index contributed by atoms with van der Waals surface area (Å²) in [7, 11) is 1.66. The molecule has 0 aliphatic rings. The van der Waals surface area contributed by atoms with E-state index in [2.05, 4.69) is 10.6 Å². The van der Waals surface area contributed by atoms with Crippen LogP contribution in [0.3, 0.4) is 0 Å². The summed E-state index contributed by atoms with van der Waals surface area (Å²) < 4.78 is 19.7. The number of rotatable bonds is 11. The summed E-state index contributed by atoms with van der Waals surface area (Å²) in [6, 6.07) is 21.6. The second-order valence-corrected chi connectivity index (χ2v) is 8.26. The fraction of sp³-hybridized carbons (Fsp3) is 0.250. The van der Waals surface area contributed by atoms with Crippen molar-refractivity contribution in [2.24, 2.45) is 0 Å². The molecule has 176 valence electrons. The van der Waals surface area contributed by atoms with Gasteiger partial charge in [-0.15, -0.1) is 0 Å². The zero-order valence-electron chi connectivity index (χ0n) is 19.5. The summed E-state index contributed by atoms with van der Waals surface area (Å²) in [5.74, 6) is 3.04. The summed E-state index contributed by atoms with van der Waals surface area (Å²) in [6.45, 7) is 3.78. The Morgan fingerprint density at radius 3 is 2.56 bits per heavy atom. The molecule has 0 bridgehead atoms. The molecule has 0 aliphatic carbocycles. The average molecular weight is 477 g/mol. The van der Waals surface area contributed by atoms with Gasteiger partial charge in [-0.05, 0) is 61.7 Å². The third-order valence-electron chi connectivity index (χ3n) is 5.51. The van der Waals surface area contributed by atoms with E-state index < -0.39 is 0 Å². The molecule has 0 aliphatic heterocycles. The Morgan fingerprint density at radius 1 is 0.912 bits per heavy atom. The molecule has 0 saturated heterocycles. The monoisotopic (exact) mass is 476 g/mol. The topological polar surface area (TPSA) is 45.5 Å². The van der Waals surface area contributed by atoms with Gasteiger partial charge in [0.05, 0.1) is 29.8 Å². The van der Waals surface area contributed by atoms with Crippen molar-refractivity contribution in [3.05, 3.63) is 89.2 Å². The van der Waals surface area contributed by atoms with Gasteiger partial charge in [0.15, 0.2) is 11.5 Å². The Bertz CT molecular complexity index is 1270. The minimum atomic E-state index is 0.352. The van der Waals surface area contributed by atoms with E-state index in [0.29, 0.717) is 24.0 Å². The molecule has 0 atom stereocenters. The molecule has 6 heteroatoms. The molecule has 0 fully saturated rings. The quantitative estimate of drug-likeness (QED) is 0.215. The Morgan fingerprint density at radius 2 is 1.74 bits per heavy atom. The maximum atomic E-state index is 6.25. The van der Waals surface area contributed by atoms with E-state index in [1.165, 1.54) is 0 Å². The van der Waals surface area contributed by atoms with Gasteiger partial charge in [0.25, 0.3) is 0 Å². The SMILES string of the molecule is C/C=C/c1ccc(OCCCCn2c(COc3ccccc3Cl)nc3ccccc32)c(OC)c1. The van der Waals surface area contributed by atoms with Gasteiger partial charge in [0.1, 0.15) is 18.2 Å². The number of imidazole rings is 1. The molecule has 0 amide bonds. The number of para-hydroxylation sites is 3. The second kappa shape index (κ2) is 11.6. The van der Waals surface area contributed by atoms with E-state index in [-0.39, 0.29) is 0 Å². The zero-order valence-corrected chi connectivity index (χ0v) is 20.3. The van der Waals surface area contributed by atoms with Crippen molar-refractivity contribution in [2.75, 3.05) is 13.7 Å². The molecule has 4 aromatic rings. The lowest BCUT2D eigenvalue weighted by Crippen LogP contribution is -2.09. The molecule has 3 aromatic carbocycles. The van der Waals surface area contributed by atoms with Crippen LogP contribution in [-0.2, 0) is 13.2 Å². The van der Waals surface area contributed by atoms with Crippen LogP contribution in [0.15, 0.2) is 72.8 Å². The zero-order chi connectivity index (χ0) is 23.8. The summed E-state index contributed by atoms with van der Waals surface area (Å²) in [5.41, 5.74) is 3.15. The highest BCUT2D eigenvalue weighted by atomic mass is 35.5. The van der Waals surface area contributed by atoms with Crippen LogP contribution in [0.4, 0.5) is 0 Å². The van der Waals surface area contributed by atoms with Crippen LogP contribution < -0.4 is 14.2 Å². The number of hydrogen-bond acceptors (Lipinski definition) is 4. The normalized spacial score (nSPS) is 11.3. The standard InChI is InChI=1S/C28H29ClN2O3/c1-3-10-21-15-16-26(27(19-21)32-2)33-18-9-8-17-31-24-13-6-5-12-23(24)30-28(31)20-34-25-14-7-4-11-22(25)29/h3-7,10-16,19H,8-9,17-18,20H2,1-2H3/b10-3+. The lowest BCUT2D eigenvalue weighted by molar-refractivity contribution is 0.278. The number of methoxy groups -OCH3 is 1. The van der Waals surface area contributed by atoms with Crippen molar-refractivity contribution in [1.29, 1.82) is 0 Å². The Kier molecular flexibility index (Phi) is 8.10. The molecule has 34 heavy (non-hydrogen) atoms. The number of nitrogens with zero attached hydrogens (tertiary/aromatic N) is 2. The highest BCUT2D eigenvalue weighted by molar-refractivity contribution is 6.32. The number of unbranched alkanes of at least 4 members (excludes halogenated alkanes) is 1. The number of aromatic nitrogens is 2. The van der Waals surface area contributed by atoms with Crippen LogP contribution in [0.25, 0.3) is 17.1 Å². The fourth-order valence-electron chi connectivity index (χ4n) is 3.84. The molecule has 4 rings (SSSR count). The van der Waals surface area contributed by atoms with Crippen molar-refractivity contribution in [2.45, 2.75) is 32.9 Å². The molecular formula is C28H29ClN2O3. The maximum absolute atomic E-state index is 6.25. The van der Waals surface area contributed by atoms with Crippen molar-refractivity contribution >= 4 is 28.7 Å². The van der Waals surface area contributed by atoms with Gasteiger partial charge < -0.3 is 18.8 Å². The molecule has 0 unspecified atom stereocenters. The number of fused-ring (bicyclic) bond motifs is 1. The minimum Gasteiger partial charge on any atom is -0.493 e. The molecule has 0 N–H and O–H groups in total. The van der Waals surface area contributed by atoms with E-state index >= 15 is 0 Å². The van der Waals surface area contributed by atoms with Gasteiger partial charge in [0, 0.05) is 6.54 Å². The van der Waals surface area contributed by atoms with Crippen LogP contribution in [0.1, 0.15) is 31.2 Å². The van der Waals surface area contributed by atoms with E-state index in [4.69, 9.17) is 30.8 Å². The van der Waals surface area contributed by atoms with Gasteiger partial charge in [-0.25, -0.2) is 4.98 Å². The second-order valence-electron chi connectivity index (χ2n) is 7.85. The third-order valence-corrected chi connectivity index (χ3v) is 5.82. The predicted molar refractivity (Wildman–Crippen MR) is 138 cm³/mol. The molecule has 5 nitrogen and oxygen atoms in total. The number of hydrogen-bond donors (Lipinski definition) is 0. The molecule has 1 heterocycles. The number of halogens is 1. The number of allylic oxidation sites excluding steroid dienone is 1. The van der Waals surface area contributed by atoms with Crippen LogP contribution >= 0.6 is 11.6 Å². The van der Waals surface area contributed by atoms with Crippen molar-refractivity contribution in [3.63, 3.8) is 0 Å². The first-order valence-electron chi connectivity index (χ1n) is 11.4. The molecule has 0 radical (unpaired) electrons. The van der Waals surface area contributed by atoms with E-state index in [1.54, 1.807) is 7.11 Å². The largest absolute Gasteiger partial charge is 0.493 e. The summed E-state index contributed by atoms with van der Waals surface area (Å²) >= 11 is 6.25. The van der Waals surface area contributed by atoms with Crippen LogP contribution in [0.5, 0.6) is 17.2 Å². The van der Waals surface area contributed by atoms with Crippen molar-refractivity contribution in [3.8, 4) is 17.2 Å². The average Bonchev–Trinajstić information content (AvgIpc) is 3.21. The molecular weight excluding hydrogens is 448 g/mol. The highest BCUT2D eigenvalue weighted by Crippen LogP contribution is 2.29. The number of aryl methyl sites for hydroxylation is 1. The summed E-state index contributed by atoms with van der Waals surface area (Å²) in [5, 5.41) is 0.594. The van der Waals surface area contributed by atoms with Crippen molar-refractivity contribution in [1.82, 2.24) is 9.55 Å². The minimum absolute atomic E-state index is 0.352. The first-order chi connectivity index (χ1) is 16.7. The van der Waals surface area contributed by atoms with Crippen LogP contribution in [0, 0.1) is 0 Å². The van der Waals surface area contributed by atoms with Gasteiger partial charge >= 0.3 is 0 Å². The molecule has 0 saturated carbocycles. The van der Waals surface area contributed by atoms with Crippen molar-refractivity contribution < 1.29 is 14.2 Å². The first kappa shape index (κ1) is 23.7. The summed E-state index contributed by atoms with van der Waals surface area (Å²) in [6.07, 6.45) is 5.88. The lowest BCUT2D eigenvalue weighted by atomic mass is 10.2. The van der Waals surface area contributed by atoms with E-state index in [9.17, 15) is 0 Å². The van der Waals surface area contributed by atoms with Gasteiger partial charge in [0.2, 0.25) is 0 Å². The summed E-state index contributed by atoms with van der Waals surface area (Å²) in [4.78, 5) is 4.79. The van der Waals surface area contributed by atoms with Gasteiger partial charge in [-0.1, -0.05) is 54.1 Å². The maximum Gasteiger partial charge on any atom is 0.161 e. The highest BCUT2D eigenvalue weighted by Gasteiger charge is 2.12. The number of ether oxygens (including phenoxy) is 3. The van der Waals surface area contributed by atoms with Gasteiger partial charge in [-0.2, -0.15) is 0 Å². The molecule has 1 aromatic heterocycles. The van der Waals surface area contributed by atoms with Crippen LogP contribution in [0.2, 0.25) is 5.02 Å². The Labute approximate surface area is 205 Å². The Hall–Kier alpha value is -3.44. The Balaban J connectivity index is 1.37. The predicted octanol–water partition coefficient (Wildman–Crippen LogP) is 7.17. The van der Waals surface area contributed by atoms with Gasteiger partial charge in [-0.3, -0.25) is 0 Å². The smallest absolute Gasteiger partial charge is 0.161 e. The van der Waals surface area contributed by atoms with Crippen LogP contribution in [-0.4, -0.2) is 23.3 Å². The third kappa shape index (κ3) is 5.72. The first-order valence-corrected chi connectivity index (χ1v) is 11.8. The van der Waals surface area contributed by atoms with E-state index in [1.807, 2.05) is 79.7 Å². The molecule has 0 spiro atoms. The lowest BCUT2D eigenvalue weighted by Gasteiger charge is -2.13. The fourth-order valence-corrected chi connectivity index (χ4v) is 4.03.